The number of aliphatic carboxylic acids is 1. The lowest BCUT2D eigenvalue weighted by Gasteiger charge is -2.30. The highest BCUT2D eigenvalue weighted by molar-refractivity contribution is 5.85. The molecule has 0 aliphatic carbocycles. The van der Waals surface area contributed by atoms with Crippen molar-refractivity contribution in [2.45, 2.75) is 51.6 Å². The van der Waals surface area contributed by atoms with E-state index < -0.39 is 17.5 Å². The van der Waals surface area contributed by atoms with Crippen molar-refractivity contribution in [1.82, 2.24) is 10.6 Å². The van der Waals surface area contributed by atoms with E-state index >= 15 is 0 Å². The van der Waals surface area contributed by atoms with Gasteiger partial charge in [-0.25, -0.2) is 9.59 Å². The Balaban J connectivity index is 2.47. The number of carbonyl (C=O) groups excluding carboxylic acids is 1. The molecule has 0 spiro atoms. The van der Waals surface area contributed by atoms with E-state index in [1.807, 2.05) is 6.92 Å². The standard InChI is InChI=1S/C13H24N2O4/c1-4-13(3,11(16)17)15-12(18)14-9(2)10-5-7-19-8-6-10/h9-10H,4-8H2,1-3H3,(H,16,17)(H2,14,15,18). The van der Waals surface area contributed by atoms with Crippen molar-refractivity contribution >= 4 is 12.0 Å². The molecule has 0 aromatic heterocycles. The SMILES string of the molecule is CCC(C)(NC(=O)NC(C)C1CCOCC1)C(=O)O. The molecule has 1 fully saturated rings. The number of urea groups is 1. The number of carboxylic acid groups (broad SMARTS) is 1. The van der Waals surface area contributed by atoms with Crippen LogP contribution in [0.3, 0.4) is 0 Å². The maximum atomic E-state index is 11.9. The minimum Gasteiger partial charge on any atom is -0.480 e. The van der Waals surface area contributed by atoms with Crippen molar-refractivity contribution in [3.8, 4) is 0 Å². The summed E-state index contributed by atoms with van der Waals surface area (Å²) in [4.78, 5) is 23.0. The van der Waals surface area contributed by atoms with Crippen LogP contribution in [-0.4, -0.2) is 41.9 Å². The van der Waals surface area contributed by atoms with Gasteiger partial charge in [0.2, 0.25) is 0 Å². The highest BCUT2D eigenvalue weighted by Crippen LogP contribution is 2.18. The van der Waals surface area contributed by atoms with Gasteiger partial charge in [0.25, 0.3) is 0 Å². The van der Waals surface area contributed by atoms with Crippen LogP contribution in [-0.2, 0) is 9.53 Å². The fourth-order valence-corrected chi connectivity index (χ4v) is 2.12. The molecular formula is C13H24N2O4. The van der Waals surface area contributed by atoms with Crippen molar-refractivity contribution < 1.29 is 19.4 Å². The van der Waals surface area contributed by atoms with Crippen molar-refractivity contribution in [2.75, 3.05) is 13.2 Å². The Labute approximate surface area is 113 Å². The molecule has 19 heavy (non-hydrogen) atoms. The molecule has 110 valence electrons. The number of amides is 2. The molecule has 0 radical (unpaired) electrons. The molecule has 1 saturated heterocycles. The largest absolute Gasteiger partial charge is 0.480 e. The van der Waals surface area contributed by atoms with Crippen molar-refractivity contribution in [3.05, 3.63) is 0 Å². The molecule has 1 rings (SSSR count). The van der Waals surface area contributed by atoms with Crippen LogP contribution in [0.5, 0.6) is 0 Å². The highest BCUT2D eigenvalue weighted by atomic mass is 16.5. The molecule has 0 aromatic rings. The van der Waals surface area contributed by atoms with Crippen LogP contribution < -0.4 is 10.6 Å². The van der Waals surface area contributed by atoms with Gasteiger partial charge < -0.3 is 20.5 Å². The Kier molecular flexibility index (Phi) is 5.60. The summed E-state index contributed by atoms with van der Waals surface area (Å²) in [7, 11) is 0. The molecule has 6 heteroatoms. The molecule has 0 saturated carbocycles. The van der Waals surface area contributed by atoms with Gasteiger partial charge in [-0.1, -0.05) is 6.92 Å². The van der Waals surface area contributed by atoms with Gasteiger partial charge in [-0.2, -0.15) is 0 Å². The van der Waals surface area contributed by atoms with Crippen molar-refractivity contribution in [2.24, 2.45) is 5.92 Å². The van der Waals surface area contributed by atoms with Crippen LogP contribution in [0.2, 0.25) is 0 Å². The van der Waals surface area contributed by atoms with E-state index in [0.717, 1.165) is 26.1 Å². The van der Waals surface area contributed by atoms with Gasteiger partial charge in [-0.05, 0) is 39.0 Å². The molecule has 0 bridgehead atoms. The Morgan fingerprint density at radius 2 is 2.00 bits per heavy atom. The van der Waals surface area contributed by atoms with Gasteiger partial charge in [0.05, 0.1) is 0 Å². The second-order valence-corrected chi connectivity index (χ2v) is 5.33. The van der Waals surface area contributed by atoms with E-state index in [2.05, 4.69) is 10.6 Å². The van der Waals surface area contributed by atoms with E-state index in [4.69, 9.17) is 9.84 Å². The summed E-state index contributed by atoms with van der Waals surface area (Å²) < 4.78 is 5.28. The summed E-state index contributed by atoms with van der Waals surface area (Å²) in [6.45, 7) is 6.63. The molecular weight excluding hydrogens is 248 g/mol. The lowest BCUT2D eigenvalue weighted by atomic mass is 9.93. The molecule has 3 N–H and O–H groups in total. The Hall–Kier alpha value is -1.30. The predicted molar refractivity (Wildman–Crippen MR) is 71.0 cm³/mol. The third-order valence-electron chi connectivity index (χ3n) is 3.90. The van der Waals surface area contributed by atoms with Gasteiger partial charge in [-0.3, -0.25) is 0 Å². The van der Waals surface area contributed by atoms with Crippen LogP contribution in [0.1, 0.15) is 40.0 Å². The zero-order valence-corrected chi connectivity index (χ0v) is 11.9. The number of carboxylic acids is 1. The average Bonchev–Trinajstić information content (AvgIpc) is 2.39. The average molecular weight is 272 g/mol. The second-order valence-electron chi connectivity index (χ2n) is 5.33. The molecule has 2 unspecified atom stereocenters. The Bertz CT molecular complexity index is 329. The van der Waals surface area contributed by atoms with Gasteiger partial charge in [0.15, 0.2) is 0 Å². The van der Waals surface area contributed by atoms with Crippen LogP contribution in [0.25, 0.3) is 0 Å². The number of carbonyl (C=O) groups is 2. The zero-order valence-electron chi connectivity index (χ0n) is 11.9. The molecule has 2 atom stereocenters. The van der Waals surface area contributed by atoms with E-state index in [-0.39, 0.29) is 6.04 Å². The second kappa shape index (κ2) is 6.75. The number of ether oxygens (including phenoxy) is 1. The Morgan fingerprint density at radius 3 is 2.47 bits per heavy atom. The number of hydrogen-bond donors (Lipinski definition) is 3. The Morgan fingerprint density at radius 1 is 1.42 bits per heavy atom. The molecule has 2 amide bonds. The fraction of sp³-hybridized carbons (Fsp3) is 0.846. The van der Waals surface area contributed by atoms with E-state index in [1.165, 1.54) is 6.92 Å². The number of hydrogen-bond acceptors (Lipinski definition) is 3. The summed E-state index contributed by atoms with van der Waals surface area (Å²) in [5.74, 6) is -0.638. The van der Waals surface area contributed by atoms with Gasteiger partial charge in [-0.15, -0.1) is 0 Å². The van der Waals surface area contributed by atoms with Crippen molar-refractivity contribution in [1.29, 1.82) is 0 Å². The monoisotopic (exact) mass is 272 g/mol. The first-order chi connectivity index (χ1) is 8.89. The summed E-state index contributed by atoms with van der Waals surface area (Å²) in [5, 5.41) is 14.5. The molecule has 1 aliphatic heterocycles. The zero-order chi connectivity index (χ0) is 14.5. The van der Waals surface area contributed by atoms with Gasteiger partial charge in [0.1, 0.15) is 5.54 Å². The first kappa shape index (κ1) is 15.8. The lowest BCUT2D eigenvalue weighted by Crippen LogP contribution is -2.56. The maximum Gasteiger partial charge on any atom is 0.329 e. The van der Waals surface area contributed by atoms with Crippen LogP contribution in [0.15, 0.2) is 0 Å². The smallest absolute Gasteiger partial charge is 0.329 e. The summed E-state index contributed by atoms with van der Waals surface area (Å²) >= 11 is 0. The summed E-state index contributed by atoms with van der Waals surface area (Å²) in [5.41, 5.74) is -1.22. The molecule has 6 nitrogen and oxygen atoms in total. The topological polar surface area (TPSA) is 87.7 Å². The minimum absolute atomic E-state index is 0.0128. The van der Waals surface area contributed by atoms with E-state index in [1.54, 1.807) is 6.92 Å². The first-order valence-electron chi connectivity index (χ1n) is 6.79. The van der Waals surface area contributed by atoms with Gasteiger partial charge >= 0.3 is 12.0 Å². The summed E-state index contributed by atoms with van der Waals surface area (Å²) in [6.07, 6.45) is 2.18. The van der Waals surface area contributed by atoms with Crippen LogP contribution in [0, 0.1) is 5.92 Å². The predicted octanol–water partition coefficient (Wildman–Crippen LogP) is 1.35. The van der Waals surface area contributed by atoms with Crippen molar-refractivity contribution in [3.63, 3.8) is 0 Å². The minimum atomic E-state index is -1.22. The van der Waals surface area contributed by atoms with Crippen LogP contribution in [0.4, 0.5) is 4.79 Å². The third kappa shape index (κ3) is 4.38. The summed E-state index contributed by atoms with van der Waals surface area (Å²) in [6, 6.07) is -0.412. The number of nitrogens with one attached hydrogen (secondary N) is 2. The van der Waals surface area contributed by atoms with Crippen LogP contribution >= 0.6 is 0 Å². The number of rotatable bonds is 5. The van der Waals surface area contributed by atoms with E-state index in [9.17, 15) is 9.59 Å². The highest BCUT2D eigenvalue weighted by Gasteiger charge is 2.33. The lowest BCUT2D eigenvalue weighted by molar-refractivity contribution is -0.143. The quantitative estimate of drug-likeness (QED) is 0.705. The third-order valence-corrected chi connectivity index (χ3v) is 3.90. The maximum absolute atomic E-state index is 11.9. The normalized spacial score (nSPS) is 21.2. The first-order valence-corrected chi connectivity index (χ1v) is 6.79. The molecule has 0 aromatic carbocycles. The van der Waals surface area contributed by atoms with Gasteiger partial charge in [0, 0.05) is 19.3 Å². The van der Waals surface area contributed by atoms with E-state index in [0.29, 0.717) is 12.3 Å². The molecule has 1 heterocycles. The fourth-order valence-electron chi connectivity index (χ4n) is 2.12. The molecule has 1 aliphatic rings.